The van der Waals surface area contributed by atoms with Crippen LogP contribution in [0.1, 0.15) is 64.0 Å². The second kappa shape index (κ2) is 8.43. The Bertz CT molecular complexity index is 410. The van der Waals surface area contributed by atoms with Crippen LogP contribution >= 0.6 is 0 Å². The van der Waals surface area contributed by atoms with Crippen LogP contribution in [0.5, 0.6) is 5.75 Å². The largest absolute Gasteiger partial charge is 0.497 e. The molecule has 0 saturated heterocycles. The maximum atomic E-state index is 5.40. The van der Waals surface area contributed by atoms with Crippen molar-refractivity contribution in [2.24, 2.45) is 11.8 Å². The SMILES string of the molecule is CCCNC(c1cccc(OC)c1)C1CCC(CC)CC1. The van der Waals surface area contributed by atoms with Gasteiger partial charge >= 0.3 is 0 Å². The van der Waals surface area contributed by atoms with Crippen molar-refractivity contribution >= 4 is 0 Å². The summed E-state index contributed by atoms with van der Waals surface area (Å²) in [6, 6.07) is 9.10. The van der Waals surface area contributed by atoms with Gasteiger partial charge in [-0.05, 0) is 55.3 Å². The average Bonchev–Trinajstić information content (AvgIpc) is 2.56. The van der Waals surface area contributed by atoms with Gasteiger partial charge in [-0.2, -0.15) is 0 Å². The summed E-state index contributed by atoms with van der Waals surface area (Å²) >= 11 is 0. The van der Waals surface area contributed by atoms with E-state index in [-0.39, 0.29) is 0 Å². The standard InChI is InChI=1S/C19H31NO/c1-4-13-20-19(16-11-9-15(5-2)10-12-16)17-7-6-8-18(14-17)21-3/h6-8,14-16,19-20H,4-5,9-13H2,1-3H3. The predicted molar refractivity (Wildman–Crippen MR) is 89.8 cm³/mol. The number of ether oxygens (including phenoxy) is 1. The maximum Gasteiger partial charge on any atom is 0.119 e. The lowest BCUT2D eigenvalue weighted by molar-refractivity contribution is 0.218. The van der Waals surface area contributed by atoms with Crippen LogP contribution in [-0.2, 0) is 0 Å². The van der Waals surface area contributed by atoms with Crippen molar-refractivity contribution in [3.63, 3.8) is 0 Å². The molecule has 1 fully saturated rings. The first-order chi connectivity index (χ1) is 10.3. The summed E-state index contributed by atoms with van der Waals surface area (Å²) in [4.78, 5) is 0. The minimum Gasteiger partial charge on any atom is -0.497 e. The molecule has 2 rings (SSSR count). The normalized spacial score (nSPS) is 23.8. The molecule has 118 valence electrons. The van der Waals surface area contributed by atoms with E-state index in [1.807, 2.05) is 6.07 Å². The summed E-state index contributed by atoms with van der Waals surface area (Å²) in [5.41, 5.74) is 1.39. The lowest BCUT2D eigenvalue weighted by Gasteiger charge is -2.34. The lowest BCUT2D eigenvalue weighted by atomic mass is 9.76. The molecule has 0 aliphatic heterocycles. The van der Waals surface area contributed by atoms with E-state index in [1.54, 1.807) is 7.11 Å². The van der Waals surface area contributed by atoms with E-state index in [4.69, 9.17) is 4.74 Å². The molecule has 0 bridgehead atoms. The second-order valence-electron chi connectivity index (χ2n) is 6.40. The molecule has 1 aromatic carbocycles. The zero-order valence-corrected chi connectivity index (χ0v) is 13.9. The highest BCUT2D eigenvalue weighted by Crippen LogP contribution is 2.38. The number of hydrogen-bond acceptors (Lipinski definition) is 2. The summed E-state index contributed by atoms with van der Waals surface area (Å²) in [7, 11) is 1.75. The molecular formula is C19H31NO. The molecule has 1 aliphatic carbocycles. The molecule has 0 spiro atoms. The van der Waals surface area contributed by atoms with Gasteiger partial charge in [-0.3, -0.25) is 0 Å². The summed E-state index contributed by atoms with van der Waals surface area (Å²) < 4.78 is 5.40. The quantitative estimate of drug-likeness (QED) is 0.766. The van der Waals surface area contributed by atoms with Crippen molar-refractivity contribution < 1.29 is 4.74 Å². The average molecular weight is 289 g/mol. The van der Waals surface area contributed by atoms with E-state index < -0.39 is 0 Å². The summed E-state index contributed by atoms with van der Waals surface area (Å²) in [6.07, 6.45) is 8.04. The van der Waals surface area contributed by atoms with E-state index in [0.717, 1.165) is 24.1 Å². The molecule has 0 amide bonds. The van der Waals surface area contributed by atoms with Gasteiger partial charge in [0.15, 0.2) is 0 Å². The first-order valence-corrected chi connectivity index (χ1v) is 8.65. The lowest BCUT2D eigenvalue weighted by Crippen LogP contribution is -2.31. The van der Waals surface area contributed by atoms with Crippen LogP contribution in [0, 0.1) is 11.8 Å². The van der Waals surface area contributed by atoms with Gasteiger partial charge in [0.05, 0.1) is 7.11 Å². The van der Waals surface area contributed by atoms with E-state index in [2.05, 4.69) is 37.4 Å². The van der Waals surface area contributed by atoms with E-state index >= 15 is 0 Å². The highest BCUT2D eigenvalue weighted by molar-refractivity contribution is 5.31. The van der Waals surface area contributed by atoms with Gasteiger partial charge < -0.3 is 10.1 Å². The van der Waals surface area contributed by atoms with Crippen LogP contribution in [0.3, 0.4) is 0 Å². The molecule has 2 nitrogen and oxygen atoms in total. The van der Waals surface area contributed by atoms with Gasteiger partial charge in [-0.1, -0.05) is 45.2 Å². The van der Waals surface area contributed by atoms with Gasteiger partial charge in [0.25, 0.3) is 0 Å². The molecule has 2 heteroatoms. The fourth-order valence-corrected chi connectivity index (χ4v) is 3.62. The zero-order valence-electron chi connectivity index (χ0n) is 13.9. The number of nitrogens with one attached hydrogen (secondary N) is 1. The van der Waals surface area contributed by atoms with Gasteiger partial charge in [0.1, 0.15) is 5.75 Å². The monoisotopic (exact) mass is 289 g/mol. The van der Waals surface area contributed by atoms with Crippen LogP contribution in [0.2, 0.25) is 0 Å². The summed E-state index contributed by atoms with van der Waals surface area (Å²) in [5, 5.41) is 3.78. The zero-order chi connectivity index (χ0) is 15.1. The van der Waals surface area contributed by atoms with Crippen LogP contribution in [0.15, 0.2) is 24.3 Å². The number of benzene rings is 1. The van der Waals surface area contributed by atoms with E-state index in [9.17, 15) is 0 Å². The minimum atomic E-state index is 0.484. The Morgan fingerprint density at radius 1 is 1.19 bits per heavy atom. The van der Waals surface area contributed by atoms with Crippen molar-refractivity contribution in [1.82, 2.24) is 5.32 Å². The smallest absolute Gasteiger partial charge is 0.119 e. The van der Waals surface area contributed by atoms with E-state index in [1.165, 1.54) is 44.1 Å². The van der Waals surface area contributed by atoms with Gasteiger partial charge in [-0.25, -0.2) is 0 Å². The maximum absolute atomic E-state index is 5.40. The molecule has 0 heterocycles. The molecule has 0 radical (unpaired) electrons. The Morgan fingerprint density at radius 3 is 2.57 bits per heavy atom. The molecule has 0 aromatic heterocycles. The third-order valence-electron chi connectivity index (χ3n) is 5.01. The van der Waals surface area contributed by atoms with Gasteiger partial charge in [0, 0.05) is 6.04 Å². The molecule has 1 aliphatic rings. The Morgan fingerprint density at radius 2 is 1.95 bits per heavy atom. The highest BCUT2D eigenvalue weighted by Gasteiger charge is 2.27. The first kappa shape index (κ1) is 16.4. The fourth-order valence-electron chi connectivity index (χ4n) is 3.62. The van der Waals surface area contributed by atoms with Crippen LogP contribution in [-0.4, -0.2) is 13.7 Å². The highest BCUT2D eigenvalue weighted by atomic mass is 16.5. The Kier molecular flexibility index (Phi) is 6.56. The third kappa shape index (κ3) is 4.47. The molecule has 1 unspecified atom stereocenters. The summed E-state index contributed by atoms with van der Waals surface area (Å²) in [5.74, 6) is 2.70. The third-order valence-corrected chi connectivity index (χ3v) is 5.01. The van der Waals surface area contributed by atoms with Gasteiger partial charge in [0.2, 0.25) is 0 Å². The second-order valence-corrected chi connectivity index (χ2v) is 6.40. The fraction of sp³-hybridized carbons (Fsp3) is 0.684. The topological polar surface area (TPSA) is 21.3 Å². The molecule has 1 saturated carbocycles. The van der Waals surface area contributed by atoms with Crippen molar-refractivity contribution in [3.8, 4) is 5.75 Å². The van der Waals surface area contributed by atoms with Crippen molar-refractivity contribution in [1.29, 1.82) is 0 Å². The number of rotatable bonds is 7. The molecule has 21 heavy (non-hydrogen) atoms. The first-order valence-electron chi connectivity index (χ1n) is 8.65. The van der Waals surface area contributed by atoms with Crippen LogP contribution in [0.25, 0.3) is 0 Å². The Labute approximate surface area is 130 Å². The van der Waals surface area contributed by atoms with Crippen molar-refractivity contribution in [2.45, 2.75) is 58.4 Å². The molecule has 1 atom stereocenters. The minimum absolute atomic E-state index is 0.484. The molecule has 1 aromatic rings. The van der Waals surface area contributed by atoms with Crippen molar-refractivity contribution in [2.75, 3.05) is 13.7 Å². The summed E-state index contributed by atoms with van der Waals surface area (Å²) in [6.45, 7) is 5.67. The van der Waals surface area contributed by atoms with Gasteiger partial charge in [-0.15, -0.1) is 0 Å². The van der Waals surface area contributed by atoms with E-state index in [0.29, 0.717) is 6.04 Å². The Balaban J connectivity index is 2.10. The van der Waals surface area contributed by atoms with Crippen LogP contribution in [0.4, 0.5) is 0 Å². The molecular weight excluding hydrogens is 258 g/mol. The number of hydrogen-bond donors (Lipinski definition) is 1. The van der Waals surface area contributed by atoms with Crippen LogP contribution < -0.4 is 10.1 Å². The molecule has 1 N–H and O–H groups in total. The Hall–Kier alpha value is -1.02. The number of methoxy groups -OCH3 is 1. The van der Waals surface area contributed by atoms with Crippen molar-refractivity contribution in [3.05, 3.63) is 29.8 Å². The predicted octanol–water partition coefficient (Wildman–Crippen LogP) is 4.95.